The molecule has 0 spiro atoms. The summed E-state index contributed by atoms with van der Waals surface area (Å²) in [4.78, 5) is 23.0. The summed E-state index contributed by atoms with van der Waals surface area (Å²) in [5, 5.41) is 26.0. The smallest absolute Gasteiger partial charge is 0.140 e. The van der Waals surface area contributed by atoms with Crippen LogP contribution in [0.2, 0.25) is 0 Å². The number of carbonyl (C=O) groups is 2. The molecule has 0 unspecified atom stereocenters. The summed E-state index contributed by atoms with van der Waals surface area (Å²) in [6.45, 7) is 7.57. The zero-order chi connectivity index (χ0) is 19.9. The molecule has 1 aliphatic carbocycles. The van der Waals surface area contributed by atoms with E-state index in [1.54, 1.807) is 0 Å². The number of benzene rings is 1. The van der Waals surface area contributed by atoms with Crippen molar-refractivity contribution in [2.45, 2.75) is 59.3 Å². The van der Waals surface area contributed by atoms with Gasteiger partial charge in [0.2, 0.25) is 0 Å². The monoisotopic (exact) mass is 364 g/mol. The molecule has 0 aromatic heterocycles. The van der Waals surface area contributed by atoms with Crippen LogP contribution in [-0.4, -0.2) is 46.7 Å². The van der Waals surface area contributed by atoms with E-state index in [1.807, 2.05) is 6.92 Å². The lowest BCUT2D eigenvalue weighted by Crippen LogP contribution is -2.32. The summed E-state index contributed by atoms with van der Waals surface area (Å²) in [5.74, 6) is 0.274. The Morgan fingerprint density at radius 2 is 1.35 bits per heavy atom. The lowest BCUT2D eigenvalue weighted by molar-refractivity contribution is -0.130. The summed E-state index contributed by atoms with van der Waals surface area (Å²) in [6.07, 6.45) is 1.78. The third-order valence-electron chi connectivity index (χ3n) is 5.42. The molecule has 0 atom stereocenters. The maximum Gasteiger partial charge on any atom is 0.140 e. The average molecular weight is 364 g/mol. The van der Waals surface area contributed by atoms with Gasteiger partial charge in [-0.1, -0.05) is 19.1 Å². The average Bonchev–Trinajstić information content (AvgIpc) is 2.60. The van der Waals surface area contributed by atoms with Crippen LogP contribution in [0.25, 0.3) is 0 Å². The fourth-order valence-corrected chi connectivity index (χ4v) is 3.11. The highest BCUT2D eigenvalue weighted by atomic mass is 16.3. The molecule has 5 nitrogen and oxygen atoms in total. The topological polar surface area (TPSA) is 94.8 Å². The maximum absolute atomic E-state index is 11.5. The highest BCUT2D eigenvalue weighted by Gasteiger charge is 2.27. The molecule has 1 saturated carbocycles. The normalized spacial score (nSPS) is 15.7. The Morgan fingerprint density at radius 1 is 0.885 bits per heavy atom. The summed E-state index contributed by atoms with van der Waals surface area (Å²) in [6, 6.07) is 4.29. The van der Waals surface area contributed by atoms with Crippen molar-refractivity contribution in [1.29, 1.82) is 0 Å². The predicted octanol–water partition coefficient (Wildman–Crippen LogP) is 2.38. The maximum atomic E-state index is 11.5. The highest BCUT2D eigenvalue weighted by molar-refractivity contribution is 6.02. The molecular weight excluding hydrogens is 332 g/mol. The molecule has 0 bridgehead atoms. The van der Waals surface area contributed by atoms with Gasteiger partial charge in [0.15, 0.2) is 0 Å². The predicted molar refractivity (Wildman–Crippen MR) is 101 cm³/mol. The van der Waals surface area contributed by atoms with Gasteiger partial charge < -0.3 is 15.3 Å². The van der Waals surface area contributed by atoms with E-state index in [1.165, 1.54) is 22.3 Å². The van der Waals surface area contributed by atoms with E-state index < -0.39 is 5.41 Å². The Balaban J connectivity index is 0.000000321. The summed E-state index contributed by atoms with van der Waals surface area (Å²) in [7, 11) is 0. The second-order valence-electron chi connectivity index (χ2n) is 7.48. The molecule has 0 saturated heterocycles. The van der Waals surface area contributed by atoms with Gasteiger partial charge in [-0.15, -0.1) is 0 Å². The molecule has 3 N–H and O–H groups in total. The molecular formula is C21H32O5. The van der Waals surface area contributed by atoms with E-state index in [-0.39, 0.29) is 43.7 Å². The number of hydrogen-bond donors (Lipinski definition) is 3. The molecule has 1 aromatic carbocycles. The zero-order valence-corrected chi connectivity index (χ0v) is 16.3. The zero-order valence-electron chi connectivity index (χ0n) is 16.3. The Kier molecular flexibility index (Phi) is 8.60. The largest absolute Gasteiger partial charge is 0.396 e. The summed E-state index contributed by atoms with van der Waals surface area (Å²) in [5.41, 5.74) is 4.20. The minimum Gasteiger partial charge on any atom is -0.396 e. The standard InChI is InChI=1S/C15H18O2.C6H14O3/c1-9-4-11(3)15(5-10(9)2)12-6-13(16)8-14(17)7-12;1-2-6(3-7,4-8)5-9/h4-5,12H,6-8H2,1-3H3;7-9H,2-5H2,1H3. The molecule has 5 heteroatoms. The van der Waals surface area contributed by atoms with E-state index in [4.69, 9.17) is 15.3 Å². The van der Waals surface area contributed by atoms with Crippen molar-refractivity contribution in [3.8, 4) is 0 Å². The first-order valence-corrected chi connectivity index (χ1v) is 9.15. The molecule has 0 amide bonds. The number of aliphatic hydroxyl groups is 3. The minimum absolute atomic E-state index is 0.0869. The molecule has 0 aliphatic heterocycles. The van der Waals surface area contributed by atoms with Crippen LogP contribution in [-0.2, 0) is 9.59 Å². The number of rotatable bonds is 5. The minimum atomic E-state index is -0.667. The van der Waals surface area contributed by atoms with Gasteiger partial charge in [-0.05, 0) is 55.4 Å². The number of hydrogen-bond acceptors (Lipinski definition) is 5. The van der Waals surface area contributed by atoms with Crippen LogP contribution in [0.5, 0.6) is 0 Å². The van der Waals surface area contributed by atoms with Crippen molar-refractivity contribution in [3.05, 3.63) is 34.4 Å². The first-order valence-electron chi connectivity index (χ1n) is 9.15. The molecule has 0 heterocycles. The van der Waals surface area contributed by atoms with Crippen molar-refractivity contribution in [2.24, 2.45) is 5.41 Å². The quantitative estimate of drug-likeness (QED) is 0.697. The van der Waals surface area contributed by atoms with E-state index >= 15 is 0 Å². The molecule has 0 radical (unpaired) electrons. The first kappa shape index (κ1) is 22.5. The third kappa shape index (κ3) is 5.73. The SMILES string of the molecule is CCC(CO)(CO)CO.Cc1cc(C)c(C2CC(=O)CC(=O)C2)cc1C. The molecule has 1 aliphatic rings. The van der Waals surface area contributed by atoms with Crippen LogP contribution in [0, 0.1) is 26.2 Å². The van der Waals surface area contributed by atoms with Gasteiger partial charge in [-0.2, -0.15) is 0 Å². The van der Waals surface area contributed by atoms with Crippen LogP contribution >= 0.6 is 0 Å². The van der Waals surface area contributed by atoms with Crippen LogP contribution in [0.1, 0.15) is 60.8 Å². The van der Waals surface area contributed by atoms with Crippen molar-refractivity contribution in [1.82, 2.24) is 0 Å². The lowest BCUT2D eigenvalue weighted by Gasteiger charge is -2.24. The van der Waals surface area contributed by atoms with Crippen molar-refractivity contribution in [2.75, 3.05) is 19.8 Å². The van der Waals surface area contributed by atoms with E-state index in [2.05, 4.69) is 32.9 Å². The second-order valence-corrected chi connectivity index (χ2v) is 7.48. The molecule has 26 heavy (non-hydrogen) atoms. The van der Waals surface area contributed by atoms with Crippen LogP contribution in [0.3, 0.4) is 0 Å². The second kappa shape index (κ2) is 9.95. The number of Topliss-reactive ketones (excluding diaryl/α,β-unsaturated/α-hetero) is 2. The molecule has 2 rings (SSSR count). The van der Waals surface area contributed by atoms with Gasteiger partial charge in [0, 0.05) is 18.3 Å². The van der Waals surface area contributed by atoms with Crippen molar-refractivity contribution >= 4 is 11.6 Å². The van der Waals surface area contributed by atoms with Crippen molar-refractivity contribution in [3.63, 3.8) is 0 Å². The fourth-order valence-electron chi connectivity index (χ4n) is 3.11. The molecule has 146 valence electrons. The van der Waals surface area contributed by atoms with Gasteiger partial charge in [-0.3, -0.25) is 9.59 Å². The van der Waals surface area contributed by atoms with Crippen molar-refractivity contribution < 1.29 is 24.9 Å². The van der Waals surface area contributed by atoms with Crippen LogP contribution < -0.4 is 0 Å². The Bertz CT molecular complexity index is 598. The van der Waals surface area contributed by atoms with E-state index in [0.717, 1.165) is 0 Å². The number of aliphatic hydroxyl groups excluding tert-OH is 3. The fraction of sp³-hybridized carbons (Fsp3) is 0.619. The number of ketones is 2. The molecule has 1 aromatic rings. The highest BCUT2D eigenvalue weighted by Crippen LogP contribution is 2.32. The number of aryl methyl sites for hydroxylation is 3. The van der Waals surface area contributed by atoms with E-state index in [0.29, 0.717) is 19.3 Å². The Labute approximate surface area is 156 Å². The number of carbonyl (C=O) groups excluding carboxylic acids is 2. The lowest BCUT2D eigenvalue weighted by atomic mass is 9.80. The summed E-state index contributed by atoms with van der Waals surface area (Å²) >= 11 is 0. The third-order valence-corrected chi connectivity index (χ3v) is 5.42. The van der Waals surface area contributed by atoms with Gasteiger partial charge >= 0.3 is 0 Å². The molecule has 1 fully saturated rings. The first-order chi connectivity index (χ1) is 12.2. The van der Waals surface area contributed by atoms with Gasteiger partial charge in [0.1, 0.15) is 11.6 Å². The van der Waals surface area contributed by atoms with Gasteiger partial charge in [0.05, 0.1) is 26.2 Å². The Morgan fingerprint density at radius 3 is 1.73 bits per heavy atom. The Hall–Kier alpha value is -1.56. The van der Waals surface area contributed by atoms with Gasteiger partial charge in [0.25, 0.3) is 0 Å². The van der Waals surface area contributed by atoms with E-state index in [9.17, 15) is 9.59 Å². The van der Waals surface area contributed by atoms with Crippen LogP contribution in [0.15, 0.2) is 12.1 Å². The summed E-state index contributed by atoms with van der Waals surface area (Å²) < 4.78 is 0. The van der Waals surface area contributed by atoms with Gasteiger partial charge in [-0.25, -0.2) is 0 Å². The van der Waals surface area contributed by atoms with Crippen LogP contribution in [0.4, 0.5) is 0 Å².